The lowest BCUT2D eigenvalue weighted by Crippen LogP contribution is -2.51. The van der Waals surface area contributed by atoms with Crippen LogP contribution < -0.4 is 16.6 Å². The van der Waals surface area contributed by atoms with Crippen molar-refractivity contribution in [1.82, 2.24) is 14.9 Å². The Hall–Kier alpha value is -1.93. The highest BCUT2D eigenvalue weighted by molar-refractivity contribution is 5.76. The lowest BCUT2D eigenvalue weighted by Gasteiger charge is -2.43. The van der Waals surface area contributed by atoms with Crippen molar-refractivity contribution in [3.8, 4) is 0 Å². The SMILES string of the molecule is Cc1cn(CC(=O)N[C@H]2CCOC3(CCOCC3)C2)c(=O)[nH]c1=O. The number of aromatic amines is 1. The molecule has 2 saturated heterocycles. The first-order valence-electron chi connectivity index (χ1n) is 8.29. The zero-order valence-corrected chi connectivity index (χ0v) is 13.8. The number of carbonyl (C=O) groups is 1. The summed E-state index contributed by atoms with van der Waals surface area (Å²) in [7, 11) is 0. The molecule has 8 heteroatoms. The van der Waals surface area contributed by atoms with Crippen molar-refractivity contribution in [2.24, 2.45) is 0 Å². The van der Waals surface area contributed by atoms with Crippen molar-refractivity contribution < 1.29 is 14.3 Å². The molecule has 2 fully saturated rings. The van der Waals surface area contributed by atoms with Gasteiger partial charge in [-0.1, -0.05) is 0 Å². The smallest absolute Gasteiger partial charge is 0.328 e. The van der Waals surface area contributed by atoms with Crippen LogP contribution >= 0.6 is 0 Å². The minimum atomic E-state index is -0.575. The molecular weight excluding hydrogens is 314 g/mol. The molecule has 1 amide bonds. The number of nitrogens with zero attached hydrogens (tertiary/aromatic N) is 1. The van der Waals surface area contributed by atoms with Crippen LogP contribution in [-0.4, -0.2) is 46.9 Å². The third kappa shape index (κ3) is 3.76. The van der Waals surface area contributed by atoms with E-state index in [1.165, 1.54) is 10.8 Å². The first-order chi connectivity index (χ1) is 11.5. The number of aryl methyl sites for hydroxylation is 1. The Morgan fingerprint density at radius 3 is 2.88 bits per heavy atom. The fraction of sp³-hybridized carbons (Fsp3) is 0.688. The lowest BCUT2D eigenvalue weighted by molar-refractivity contribution is -0.144. The van der Waals surface area contributed by atoms with Crippen molar-refractivity contribution >= 4 is 5.91 Å². The molecule has 1 atom stereocenters. The van der Waals surface area contributed by atoms with Crippen molar-refractivity contribution in [3.05, 3.63) is 32.6 Å². The summed E-state index contributed by atoms with van der Waals surface area (Å²) in [5.41, 5.74) is -0.800. The van der Waals surface area contributed by atoms with E-state index < -0.39 is 11.2 Å². The molecule has 1 aromatic heterocycles. The zero-order chi connectivity index (χ0) is 17.2. The Kier molecular flexibility index (Phi) is 4.86. The van der Waals surface area contributed by atoms with Gasteiger partial charge < -0.3 is 14.8 Å². The number of aromatic nitrogens is 2. The van der Waals surface area contributed by atoms with Crippen molar-refractivity contribution in [1.29, 1.82) is 0 Å². The molecule has 0 aliphatic carbocycles. The average molecular weight is 337 g/mol. The van der Waals surface area contributed by atoms with Gasteiger partial charge in [0.1, 0.15) is 6.54 Å². The molecule has 0 radical (unpaired) electrons. The molecule has 8 nitrogen and oxygen atoms in total. The number of amides is 1. The molecule has 2 aliphatic heterocycles. The molecule has 3 heterocycles. The van der Waals surface area contributed by atoms with Crippen molar-refractivity contribution in [3.63, 3.8) is 0 Å². The van der Waals surface area contributed by atoms with Crippen LogP contribution in [0, 0.1) is 6.92 Å². The third-order valence-electron chi connectivity index (χ3n) is 4.77. The van der Waals surface area contributed by atoms with Crippen LogP contribution in [0.1, 0.15) is 31.2 Å². The maximum Gasteiger partial charge on any atom is 0.328 e. The highest BCUT2D eigenvalue weighted by Gasteiger charge is 2.39. The highest BCUT2D eigenvalue weighted by Crippen LogP contribution is 2.34. The Balaban J connectivity index is 1.61. The van der Waals surface area contributed by atoms with Gasteiger partial charge in [0.05, 0.1) is 5.60 Å². The van der Waals surface area contributed by atoms with Crippen LogP contribution in [0.5, 0.6) is 0 Å². The maximum absolute atomic E-state index is 12.3. The van der Waals surface area contributed by atoms with Crippen molar-refractivity contribution in [2.45, 2.75) is 50.8 Å². The number of H-pyrrole nitrogens is 1. The maximum atomic E-state index is 12.3. The molecule has 132 valence electrons. The predicted molar refractivity (Wildman–Crippen MR) is 86.0 cm³/mol. The van der Waals surface area contributed by atoms with E-state index in [-0.39, 0.29) is 24.1 Å². The Morgan fingerprint density at radius 2 is 2.12 bits per heavy atom. The number of rotatable bonds is 3. The van der Waals surface area contributed by atoms with Crippen LogP contribution in [0.4, 0.5) is 0 Å². The van der Waals surface area contributed by atoms with Gasteiger partial charge in [0, 0.05) is 37.6 Å². The monoisotopic (exact) mass is 337 g/mol. The minimum absolute atomic E-state index is 0.0314. The summed E-state index contributed by atoms with van der Waals surface area (Å²) < 4.78 is 12.6. The van der Waals surface area contributed by atoms with Gasteiger partial charge in [-0.15, -0.1) is 0 Å². The van der Waals surface area contributed by atoms with Crippen LogP contribution in [0.2, 0.25) is 0 Å². The van der Waals surface area contributed by atoms with E-state index in [0.717, 1.165) is 25.7 Å². The summed E-state index contributed by atoms with van der Waals surface area (Å²) in [6.45, 7) is 3.48. The van der Waals surface area contributed by atoms with E-state index in [9.17, 15) is 14.4 Å². The summed E-state index contributed by atoms with van der Waals surface area (Å²) in [6, 6.07) is 0.0314. The fourth-order valence-electron chi connectivity index (χ4n) is 3.41. The molecule has 0 unspecified atom stereocenters. The van der Waals surface area contributed by atoms with Gasteiger partial charge in [0.15, 0.2) is 0 Å². The van der Waals surface area contributed by atoms with Crippen LogP contribution in [0.25, 0.3) is 0 Å². The normalized spacial score (nSPS) is 23.1. The fourth-order valence-corrected chi connectivity index (χ4v) is 3.41. The standard InChI is InChI=1S/C16H23N3O5/c1-11-9-19(15(22)18-14(11)21)10-13(20)17-12-2-5-24-16(8-12)3-6-23-7-4-16/h9,12H,2-8,10H2,1H3,(H,17,20)(H,18,21,22)/t12-/m0/s1. The average Bonchev–Trinajstić information content (AvgIpc) is 2.53. The summed E-state index contributed by atoms with van der Waals surface area (Å²) in [4.78, 5) is 37.6. The Morgan fingerprint density at radius 1 is 1.38 bits per heavy atom. The summed E-state index contributed by atoms with van der Waals surface area (Å²) in [5, 5.41) is 2.99. The van der Waals surface area contributed by atoms with Crippen LogP contribution in [-0.2, 0) is 20.8 Å². The molecule has 0 saturated carbocycles. The van der Waals surface area contributed by atoms with E-state index in [2.05, 4.69) is 10.3 Å². The van der Waals surface area contributed by atoms with E-state index in [4.69, 9.17) is 9.47 Å². The van der Waals surface area contributed by atoms with E-state index in [0.29, 0.717) is 25.4 Å². The summed E-state index contributed by atoms with van der Waals surface area (Å²) >= 11 is 0. The first-order valence-corrected chi connectivity index (χ1v) is 8.29. The topological polar surface area (TPSA) is 102 Å². The molecule has 2 aliphatic rings. The largest absolute Gasteiger partial charge is 0.381 e. The lowest BCUT2D eigenvalue weighted by atomic mass is 9.84. The molecule has 0 aromatic carbocycles. The second kappa shape index (κ2) is 6.90. The zero-order valence-electron chi connectivity index (χ0n) is 13.8. The van der Waals surface area contributed by atoms with Gasteiger partial charge >= 0.3 is 5.69 Å². The van der Waals surface area contributed by atoms with Crippen LogP contribution in [0.15, 0.2) is 15.8 Å². The third-order valence-corrected chi connectivity index (χ3v) is 4.77. The van der Waals surface area contributed by atoms with Crippen LogP contribution in [0.3, 0.4) is 0 Å². The van der Waals surface area contributed by atoms with Gasteiger partial charge in [0.25, 0.3) is 5.56 Å². The molecule has 3 rings (SSSR count). The predicted octanol–water partition coefficient (Wildman–Crippen LogP) is -0.311. The molecular formula is C16H23N3O5. The summed E-state index contributed by atoms with van der Waals surface area (Å²) in [5.74, 6) is -0.238. The summed E-state index contributed by atoms with van der Waals surface area (Å²) in [6.07, 6.45) is 4.62. The Bertz CT molecular complexity index is 712. The van der Waals surface area contributed by atoms with Gasteiger partial charge in [-0.2, -0.15) is 0 Å². The minimum Gasteiger partial charge on any atom is -0.381 e. The van der Waals surface area contributed by atoms with E-state index in [1.807, 2.05) is 0 Å². The Labute approximate surface area is 139 Å². The molecule has 2 N–H and O–H groups in total. The second-order valence-corrected chi connectivity index (χ2v) is 6.60. The quantitative estimate of drug-likeness (QED) is 0.788. The number of hydrogen-bond donors (Lipinski definition) is 2. The number of nitrogens with one attached hydrogen (secondary N) is 2. The van der Waals surface area contributed by atoms with Gasteiger partial charge in [-0.3, -0.25) is 19.1 Å². The van der Waals surface area contributed by atoms with Crippen molar-refractivity contribution in [2.75, 3.05) is 19.8 Å². The van der Waals surface area contributed by atoms with E-state index in [1.54, 1.807) is 6.92 Å². The molecule has 0 bridgehead atoms. The van der Waals surface area contributed by atoms with Gasteiger partial charge in [0.2, 0.25) is 5.91 Å². The molecule has 24 heavy (non-hydrogen) atoms. The van der Waals surface area contributed by atoms with Gasteiger partial charge in [-0.25, -0.2) is 4.79 Å². The number of ether oxygens (including phenoxy) is 2. The van der Waals surface area contributed by atoms with Gasteiger partial charge in [-0.05, 0) is 32.6 Å². The number of hydrogen-bond acceptors (Lipinski definition) is 5. The molecule has 1 aromatic rings. The molecule has 1 spiro atoms. The number of carbonyl (C=O) groups excluding carboxylic acids is 1. The highest BCUT2D eigenvalue weighted by atomic mass is 16.5. The second-order valence-electron chi connectivity index (χ2n) is 6.60. The first kappa shape index (κ1) is 16.9. The van der Waals surface area contributed by atoms with E-state index >= 15 is 0 Å².